The Balaban J connectivity index is 1.43. The van der Waals surface area contributed by atoms with Crippen LogP contribution in [0.25, 0.3) is 0 Å². The molecule has 0 saturated heterocycles. The molecule has 0 saturated carbocycles. The van der Waals surface area contributed by atoms with Crippen molar-refractivity contribution in [3.8, 4) is 11.5 Å². The lowest BCUT2D eigenvalue weighted by Gasteiger charge is -2.19. The molecule has 3 aromatic rings. The highest BCUT2D eigenvalue weighted by Gasteiger charge is 2.23. The molecule has 1 heterocycles. The first kappa shape index (κ1) is 20.9. The number of nitrogens with one attached hydrogen (secondary N) is 3. The van der Waals surface area contributed by atoms with Gasteiger partial charge in [0.1, 0.15) is 6.04 Å². The van der Waals surface area contributed by atoms with Crippen LogP contribution in [0.4, 0.5) is 0 Å². The quantitative estimate of drug-likeness (QED) is 0.519. The molecule has 0 radical (unpaired) electrons. The molecule has 0 aliphatic carbocycles. The first-order chi connectivity index (χ1) is 15.6. The molecule has 32 heavy (non-hydrogen) atoms. The van der Waals surface area contributed by atoms with Gasteiger partial charge in [0.25, 0.3) is 17.7 Å². The van der Waals surface area contributed by atoms with Gasteiger partial charge < -0.3 is 14.8 Å². The van der Waals surface area contributed by atoms with Gasteiger partial charge in [-0.25, -0.2) is 0 Å². The smallest absolute Gasteiger partial charge is 0.269 e. The number of fused-ring (bicyclic) bond motifs is 1. The second-order valence-corrected chi connectivity index (χ2v) is 7.09. The molecule has 0 aromatic heterocycles. The summed E-state index contributed by atoms with van der Waals surface area (Å²) in [7, 11) is 0. The molecule has 0 fully saturated rings. The summed E-state index contributed by atoms with van der Waals surface area (Å²) in [5, 5.41) is 2.74. The molecule has 3 aromatic carbocycles. The lowest BCUT2D eigenvalue weighted by Crippen LogP contribution is -2.53. The Bertz CT molecular complexity index is 1120. The van der Waals surface area contributed by atoms with Crippen LogP contribution in [-0.4, -0.2) is 30.6 Å². The first-order valence-electron chi connectivity index (χ1n) is 10.00. The Morgan fingerprint density at radius 2 is 1.44 bits per heavy atom. The minimum Gasteiger partial charge on any atom is -0.454 e. The van der Waals surface area contributed by atoms with E-state index >= 15 is 0 Å². The number of rotatable bonds is 6. The van der Waals surface area contributed by atoms with Crippen molar-refractivity contribution in [3.63, 3.8) is 0 Å². The van der Waals surface area contributed by atoms with Gasteiger partial charge in [-0.2, -0.15) is 0 Å². The molecule has 162 valence electrons. The van der Waals surface area contributed by atoms with E-state index in [-0.39, 0.29) is 19.1 Å². The molecule has 3 N–H and O–H groups in total. The van der Waals surface area contributed by atoms with Gasteiger partial charge in [-0.05, 0) is 35.9 Å². The molecule has 8 nitrogen and oxygen atoms in total. The molecular weight excluding hydrogens is 410 g/mol. The van der Waals surface area contributed by atoms with Crippen LogP contribution in [0.15, 0.2) is 78.9 Å². The maximum atomic E-state index is 12.9. The number of amides is 3. The molecule has 8 heteroatoms. The summed E-state index contributed by atoms with van der Waals surface area (Å²) < 4.78 is 10.5. The summed E-state index contributed by atoms with van der Waals surface area (Å²) in [6, 6.07) is 21.7. The highest BCUT2D eigenvalue weighted by atomic mass is 16.7. The van der Waals surface area contributed by atoms with E-state index in [1.165, 1.54) is 6.07 Å². The fraction of sp³-hybridized carbons (Fsp3) is 0.125. The minimum absolute atomic E-state index is 0.0966. The van der Waals surface area contributed by atoms with Crippen LogP contribution in [0.3, 0.4) is 0 Å². The highest BCUT2D eigenvalue weighted by molar-refractivity contribution is 5.99. The summed E-state index contributed by atoms with van der Waals surface area (Å²) in [4.78, 5) is 37.9. The molecule has 1 aliphatic rings. The lowest BCUT2D eigenvalue weighted by molar-refractivity contribution is -0.123. The average Bonchev–Trinajstić information content (AvgIpc) is 3.31. The fourth-order valence-electron chi connectivity index (χ4n) is 3.21. The Morgan fingerprint density at radius 3 is 2.19 bits per heavy atom. The zero-order valence-electron chi connectivity index (χ0n) is 17.0. The second kappa shape index (κ2) is 9.65. The number of ether oxygens (including phenoxy) is 2. The second-order valence-electron chi connectivity index (χ2n) is 7.09. The molecule has 4 rings (SSSR count). The van der Waals surface area contributed by atoms with Crippen LogP contribution in [0, 0.1) is 0 Å². The highest BCUT2D eigenvalue weighted by Crippen LogP contribution is 2.32. The minimum atomic E-state index is -0.901. The average molecular weight is 431 g/mol. The van der Waals surface area contributed by atoms with Crippen LogP contribution in [-0.2, 0) is 11.2 Å². The number of carbonyl (C=O) groups excluding carboxylic acids is 3. The Labute approximate surface area is 184 Å². The van der Waals surface area contributed by atoms with Crippen molar-refractivity contribution in [2.75, 3.05) is 6.79 Å². The molecule has 1 aliphatic heterocycles. The van der Waals surface area contributed by atoms with E-state index in [9.17, 15) is 14.4 Å². The van der Waals surface area contributed by atoms with Crippen molar-refractivity contribution in [2.45, 2.75) is 12.5 Å². The fourth-order valence-corrected chi connectivity index (χ4v) is 3.21. The Kier molecular flexibility index (Phi) is 6.31. The lowest BCUT2D eigenvalue weighted by atomic mass is 10.0. The van der Waals surface area contributed by atoms with Gasteiger partial charge >= 0.3 is 0 Å². The van der Waals surface area contributed by atoms with E-state index in [0.717, 1.165) is 5.56 Å². The van der Waals surface area contributed by atoms with Crippen LogP contribution in [0.2, 0.25) is 0 Å². The first-order valence-corrected chi connectivity index (χ1v) is 10.00. The summed E-state index contributed by atoms with van der Waals surface area (Å²) in [5.41, 5.74) is 6.37. The summed E-state index contributed by atoms with van der Waals surface area (Å²) in [6.45, 7) is 0.0966. The molecular formula is C24H21N3O5. The van der Waals surface area contributed by atoms with Crippen LogP contribution in [0.1, 0.15) is 26.3 Å². The topological polar surface area (TPSA) is 106 Å². The SMILES string of the molecule is O=C(NNC(=O)[C@@H](Cc1ccccc1)NC(=O)c1ccccc1)c1ccc2c(c1)OCO2. The number of hydrazine groups is 1. The number of carbonyl (C=O) groups is 3. The van der Waals surface area contributed by atoms with E-state index in [1.54, 1.807) is 42.5 Å². The van der Waals surface area contributed by atoms with Gasteiger partial charge in [0, 0.05) is 17.5 Å². The van der Waals surface area contributed by atoms with Crippen molar-refractivity contribution in [2.24, 2.45) is 0 Å². The standard InChI is InChI=1S/C24H21N3O5/c28-22(17-9-5-2-6-10-17)25-19(13-16-7-3-1-4-8-16)24(30)27-26-23(29)18-11-12-20-21(14-18)32-15-31-20/h1-12,14,19H,13,15H2,(H,25,28)(H,26,29)(H,27,30)/t19-/m1/s1. The third-order valence-electron chi connectivity index (χ3n) is 4.87. The van der Waals surface area contributed by atoms with Gasteiger partial charge in [-0.3, -0.25) is 25.2 Å². The summed E-state index contributed by atoms with van der Waals surface area (Å²) >= 11 is 0. The van der Waals surface area contributed by atoms with Crippen LogP contribution in [0.5, 0.6) is 11.5 Å². The zero-order valence-corrected chi connectivity index (χ0v) is 17.0. The number of hydrogen-bond acceptors (Lipinski definition) is 5. The number of hydrogen-bond donors (Lipinski definition) is 3. The molecule has 0 spiro atoms. The van der Waals surface area contributed by atoms with E-state index in [1.807, 2.05) is 30.3 Å². The monoisotopic (exact) mass is 431 g/mol. The van der Waals surface area contributed by atoms with Crippen LogP contribution < -0.4 is 25.6 Å². The van der Waals surface area contributed by atoms with E-state index < -0.39 is 17.9 Å². The van der Waals surface area contributed by atoms with Gasteiger partial charge in [-0.15, -0.1) is 0 Å². The van der Waals surface area contributed by atoms with Gasteiger partial charge in [0.15, 0.2) is 11.5 Å². The molecule has 0 unspecified atom stereocenters. The van der Waals surface area contributed by atoms with Gasteiger partial charge in [0.2, 0.25) is 6.79 Å². The predicted octanol–water partition coefficient (Wildman–Crippen LogP) is 2.22. The third kappa shape index (κ3) is 5.04. The zero-order chi connectivity index (χ0) is 22.3. The normalized spacial score (nSPS) is 12.5. The van der Waals surface area contributed by atoms with E-state index in [2.05, 4.69) is 16.2 Å². The van der Waals surface area contributed by atoms with Gasteiger partial charge in [0.05, 0.1) is 0 Å². The van der Waals surface area contributed by atoms with Crippen molar-refractivity contribution in [1.82, 2.24) is 16.2 Å². The van der Waals surface area contributed by atoms with E-state index in [0.29, 0.717) is 22.6 Å². The van der Waals surface area contributed by atoms with E-state index in [4.69, 9.17) is 9.47 Å². The maximum Gasteiger partial charge on any atom is 0.269 e. The summed E-state index contributed by atoms with van der Waals surface area (Å²) in [5.74, 6) is -0.446. The predicted molar refractivity (Wildman–Crippen MR) is 116 cm³/mol. The molecule has 1 atom stereocenters. The largest absolute Gasteiger partial charge is 0.454 e. The maximum absolute atomic E-state index is 12.9. The summed E-state index contributed by atoms with van der Waals surface area (Å²) in [6.07, 6.45) is 0.255. The van der Waals surface area contributed by atoms with Crippen molar-refractivity contribution in [1.29, 1.82) is 0 Å². The number of benzene rings is 3. The van der Waals surface area contributed by atoms with Crippen molar-refractivity contribution in [3.05, 3.63) is 95.6 Å². The third-order valence-corrected chi connectivity index (χ3v) is 4.87. The van der Waals surface area contributed by atoms with Crippen LogP contribution >= 0.6 is 0 Å². The van der Waals surface area contributed by atoms with Crippen molar-refractivity contribution >= 4 is 17.7 Å². The Morgan fingerprint density at radius 1 is 0.750 bits per heavy atom. The van der Waals surface area contributed by atoms with Crippen molar-refractivity contribution < 1.29 is 23.9 Å². The van der Waals surface area contributed by atoms with Gasteiger partial charge in [-0.1, -0.05) is 48.5 Å². The molecule has 3 amide bonds. The molecule has 0 bridgehead atoms. The Hall–Kier alpha value is -4.33.